The number of carbonyl (C=O) groups is 1. The smallest absolute Gasteiger partial charge is 0.274 e. The number of hydrogen-bond acceptors (Lipinski definition) is 5. The Hall–Kier alpha value is -4.86. The van der Waals surface area contributed by atoms with Crippen LogP contribution in [-0.4, -0.2) is 42.2 Å². The summed E-state index contributed by atoms with van der Waals surface area (Å²) in [4.78, 5) is 19.4. The van der Waals surface area contributed by atoms with E-state index in [1.807, 2.05) is 18.2 Å². The van der Waals surface area contributed by atoms with Crippen LogP contribution in [0.3, 0.4) is 0 Å². The van der Waals surface area contributed by atoms with Gasteiger partial charge in [-0.1, -0.05) is 70.5 Å². The van der Waals surface area contributed by atoms with Crippen LogP contribution in [0.25, 0.3) is 0 Å². The monoisotopic (exact) mass is 799 g/mol. The van der Waals surface area contributed by atoms with Crippen LogP contribution in [0.5, 0.6) is 11.5 Å². The summed E-state index contributed by atoms with van der Waals surface area (Å²) in [5.74, 6) is 1.28. The Morgan fingerprint density at radius 1 is 0.722 bits per heavy atom. The maximum absolute atomic E-state index is 14.8. The summed E-state index contributed by atoms with van der Waals surface area (Å²) in [5, 5.41) is 5.64. The zero-order valence-corrected chi connectivity index (χ0v) is 33.7. The van der Waals surface area contributed by atoms with Crippen LogP contribution in [0.1, 0.15) is 77.0 Å². The van der Waals surface area contributed by atoms with Crippen LogP contribution < -0.4 is 25.3 Å². The fourth-order valence-electron chi connectivity index (χ4n) is 8.54. The fraction of sp³-hybridized carbons (Fsp3) is 0.289. The van der Waals surface area contributed by atoms with Crippen molar-refractivity contribution in [2.24, 2.45) is 0 Å². The van der Waals surface area contributed by atoms with Gasteiger partial charge in [0.2, 0.25) is 0 Å². The van der Waals surface area contributed by atoms with Crippen molar-refractivity contribution in [2.75, 3.05) is 41.3 Å². The molecule has 2 heterocycles. The topological polar surface area (TPSA) is 60.1 Å². The van der Waals surface area contributed by atoms with Gasteiger partial charge in [-0.25, -0.2) is 5.01 Å². The normalized spacial score (nSPS) is 14.8. The number of hydrogen-bond donors (Lipinski definition) is 2. The lowest BCUT2D eigenvalue weighted by atomic mass is 9.75. The van der Waals surface area contributed by atoms with E-state index in [1.165, 1.54) is 26.7 Å². The van der Waals surface area contributed by atoms with Crippen LogP contribution >= 0.6 is 28.1 Å². The summed E-state index contributed by atoms with van der Waals surface area (Å²) in [7, 11) is 0. The largest absolute Gasteiger partial charge is 0.456 e. The minimum absolute atomic E-state index is 0.154. The van der Waals surface area contributed by atoms with Gasteiger partial charge < -0.3 is 19.9 Å². The van der Waals surface area contributed by atoms with E-state index < -0.39 is 5.54 Å². The van der Waals surface area contributed by atoms with E-state index in [4.69, 9.17) is 17.0 Å². The van der Waals surface area contributed by atoms with Gasteiger partial charge in [0.15, 0.2) is 5.11 Å². The standard InChI is InChI=1S/C45H46BrN5O2S/c1-5-49(6-2)33-21-23-37-41(27-33)53-42-28-34(50(7-3)8-4)22-24-38(42)45(37)36-12-10-9-11-35(36)43(52)51(45)48-44(54)47-40-26-30-14-18-31-17-13-29(25-39(31)46)15-19-32(40)20-16-30/h9-13,16-17,20-28H,5-8,14-15,18-19H2,1-4H3,(H2,47,48,54). The molecule has 4 bridgehead atoms. The molecule has 1 amide bonds. The first-order valence-electron chi connectivity index (χ1n) is 19.2. The molecule has 0 atom stereocenters. The van der Waals surface area contributed by atoms with Crippen molar-refractivity contribution < 1.29 is 9.53 Å². The Balaban J connectivity index is 1.23. The van der Waals surface area contributed by atoms with Crippen molar-refractivity contribution in [1.82, 2.24) is 10.4 Å². The maximum atomic E-state index is 14.8. The summed E-state index contributed by atoms with van der Waals surface area (Å²) in [5.41, 5.74) is 13.8. The maximum Gasteiger partial charge on any atom is 0.274 e. The Bertz CT molecular complexity index is 2200. The second kappa shape index (κ2) is 14.8. The number of amides is 1. The van der Waals surface area contributed by atoms with Crippen molar-refractivity contribution in [3.8, 4) is 11.5 Å². The molecule has 0 saturated carbocycles. The number of halogens is 1. The first-order chi connectivity index (χ1) is 26.3. The molecule has 0 fully saturated rings. The van der Waals surface area contributed by atoms with Crippen LogP contribution in [0.4, 0.5) is 17.1 Å². The van der Waals surface area contributed by atoms with E-state index >= 15 is 0 Å². The second-order valence-electron chi connectivity index (χ2n) is 14.2. The Labute approximate surface area is 332 Å². The number of thiocarbonyl (C=S) groups is 1. The van der Waals surface area contributed by atoms with Gasteiger partial charge in [0.1, 0.15) is 17.0 Å². The third kappa shape index (κ3) is 6.11. The zero-order chi connectivity index (χ0) is 37.6. The van der Waals surface area contributed by atoms with E-state index in [2.05, 4.69) is 143 Å². The highest BCUT2D eigenvalue weighted by atomic mass is 79.9. The van der Waals surface area contributed by atoms with Crippen molar-refractivity contribution >= 4 is 56.2 Å². The van der Waals surface area contributed by atoms with Gasteiger partial charge in [-0.3, -0.25) is 10.2 Å². The molecule has 54 heavy (non-hydrogen) atoms. The molecule has 9 heteroatoms. The number of nitrogens with one attached hydrogen (secondary N) is 2. The van der Waals surface area contributed by atoms with Gasteiger partial charge in [-0.15, -0.1) is 0 Å². The predicted octanol–water partition coefficient (Wildman–Crippen LogP) is 9.78. The van der Waals surface area contributed by atoms with Crippen molar-refractivity contribution in [2.45, 2.75) is 58.9 Å². The number of ether oxygens (including phenoxy) is 1. The third-order valence-corrected chi connectivity index (χ3v) is 12.3. The molecule has 7 nitrogen and oxygen atoms in total. The van der Waals surface area contributed by atoms with E-state index in [9.17, 15) is 4.79 Å². The first kappa shape index (κ1) is 36.1. The molecule has 0 unspecified atom stereocenters. The summed E-state index contributed by atoms with van der Waals surface area (Å²) in [6, 6.07) is 34.1. The summed E-state index contributed by atoms with van der Waals surface area (Å²) in [6.45, 7) is 12.1. The Kier molecular flexibility index (Phi) is 9.87. The van der Waals surface area contributed by atoms with E-state index in [0.29, 0.717) is 10.7 Å². The molecule has 11 rings (SSSR count). The van der Waals surface area contributed by atoms with Crippen LogP contribution in [-0.2, 0) is 31.2 Å². The molecular formula is C45H46BrN5O2S. The summed E-state index contributed by atoms with van der Waals surface area (Å²) in [6.07, 6.45) is 3.57. The van der Waals surface area contributed by atoms with Crippen molar-refractivity contribution in [1.29, 1.82) is 0 Å². The van der Waals surface area contributed by atoms with Gasteiger partial charge in [0.25, 0.3) is 5.91 Å². The molecule has 2 aliphatic heterocycles. The number of carbonyl (C=O) groups excluding carboxylic acids is 1. The van der Waals surface area contributed by atoms with Gasteiger partial charge in [-0.05, 0) is 118 Å². The first-order valence-corrected chi connectivity index (χ1v) is 20.4. The molecule has 0 saturated heterocycles. The highest BCUT2D eigenvalue weighted by Crippen LogP contribution is 2.57. The Morgan fingerprint density at radius 3 is 1.91 bits per heavy atom. The zero-order valence-electron chi connectivity index (χ0n) is 31.3. The number of rotatable bonds is 8. The molecule has 5 aromatic rings. The van der Waals surface area contributed by atoms with Crippen LogP contribution in [0.15, 0.2) is 102 Å². The Morgan fingerprint density at radius 2 is 1.30 bits per heavy atom. The molecule has 0 aromatic heterocycles. The SMILES string of the molecule is CCN(CC)c1ccc2c(c1)Oc1cc(N(CC)CC)ccc1C21c2ccccc2C(=O)N1NC(=S)Nc1cc2ccc1CCc1ccc(c(Br)c1)CC2. The highest BCUT2D eigenvalue weighted by Gasteiger charge is 2.57. The molecule has 2 N–H and O–H groups in total. The predicted molar refractivity (Wildman–Crippen MR) is 227 cm³/mol. The minimum atomic E-state index is -1.06. The van der Waals surface area contributed by atoms with Crippen LogP contribution in [0, 0.1) is 0 Å². The molecule has 0 radical (unpaired) electrons. The quantitative estimate of drug-likeness (QED) is 0.152. The lowest BCUT2D eigenvalue weighted by Crippen LogP contribution is -2.56. The summed E-state index contributed by atoms with van der Waals surface area (Å²) < 4.78 is 8.05. The fourth-order valence-corrected chi connectivity index (χ4v) is 9.37. The van der Waals surface area contributed by atoms with Crippen LogP contribution in [0.2, 0.25) is 0 Å². The molecule has 6 aliphatic rings. The van der Waals surface area contributed by atoms with Gasteiger partial charge in [-0.2, -0.15) is 0 Å². The summed E-state index contributed by atoms with van der Waals surface area (Å²) >= 11 is 9.94. The van der Waals surface area contributed by atoms with Crippen molar-refractivity contribution in [3.05, 3.63) is 146 Å². The number of nitrogens with zero attached hydrogens (tertiary/aromatic N) is 3. The third-order valence-electron chi connectivity index (χ3n) is 11.4. The van der Waals surface area contributed by atoms with Gasteiger partial charge in [0.05, 0.1) is 0 Å². The average Bonchev–Trinajstić information content (AvgIpc) is 3.41. The molecule has 1 spiro atoms. The van der Waals surface area contributed by atoms with E-state index in [1.54, 1.807) is 5.01 Å². The number of aryl methyl sites for hydroxylation is 4. The lowest BCUT2D eigenvalue weighted by Gasteiger charge is -2.44. The average molecular weight is 801 g/mol. The number of anilines is 3. The second-order valence-corrected chi connectivity index (χ2v) is 15.4. The molecule has 5 aromatic carbocycles. The molecular weight excluding hydrogens is 754 g/mol. The number of fused-ring (bicyclic) bond motifs is 6. The van der Waals surface area contributed by atoms with Gasteiger partial charge >= 0.3 is 0 Å². The minimum Gasteiger partial charge on any atom is -0.456 e. The number of benzene rings is 5. The van der Waals surface area contributed by atoms with E-state index in [0.717, 1.165) is 97.1 Å². The van der Waals surface area contributed by atoms with E-state index in [-0.39, 0.29) is 5.91 Å². The highest BCUT2D eigenvalue weighted by molar-refractivity contribution is 9.10. The lowest BCUT2D eigenvalue weighted by molar-refractivity contribution is 0.0595. The molecule has 276 valence electrons. The molecule has 4 aliphatic carbocycles. The number of hydrazine groups is 1. The van der Waals surface area contributed by atoms with Crippen molar-refractivity contribution in [3.63, 3.8) is 0 Å². The van der Waals surface area contributed by atoms with Gasteiger partial charge in [0, 0.05) is 82.1 Å².